The molecular weight excluding hydrogens is 332 g/mol. The molecule has 118 valence electrons. The molecule has 0 bridgehead atoms. The van der Waals surface area contributed by atoms with E-state index in [1.165, 1.54) is 12.8 Å². The molecule has 0 aromatic carbocycles. The van der Waals surface area contributed by atoms with Gasteiger partial charge in [-0.25, -0.2) is 4.68 Å². The average molecular weight is 357 g/mol. The minimum absolute atomic E-state index is 0.00166. The standard InChI is InChI=1S/C15H25BrN4O/c1-4-19(10-15(2,3)9-17)12-7-18-20(8-11-5-6-11)14(21)13(12)16/h7,11H,4-6,8-10,17H2,1-3H3. The Hall–Kier alpha value is -0.880. The maximum absolute atomic E-state index is 12.4. The van der Waals surface area contributed by atoms with Crippen molar-refractivity contribution in [3.8, 4) is 0 Å². The van der Waals surface area contributed by atoms with Gasteiger partial charge in [-0.05, 0) is 53.6 Å². The summed E-state index contributed by atoms with van der Waals surface area (Å²) in [4.78, 5) is 14.6. The van der Waals surface area contributed by atoms with Crippen LogP contribution in [0.1, 0.15) is 33.6 Å². The molecule has 0 aliphatic heterocycles. The van der Waals surface area contributed by atoms with E-state index in [9.17, 15) is 4.79 Å². The van der Waals surface area contributed by atoms with Gasteiger partial charge in [-0.15, -0.1) is 0 Å². The molecular formula is C15H25BrN4O. The summed E-state index contributed by atoms with van der Waals surface area (Å²) >= 11 is 3.47. The van der Waals surface area contributed by atoms with Crippen LogP contribution in [0, 0.1) is 11.3 Å². The zero-order chi connectivity index (χ0) is 15.6. The molecule has 1 aliphatic rings. The Kier molecular flexibility index (Phi) is 5.09. The van der Waals surface area contributed by atoms with Crippen LogP contribution in [0.2, 0.25) is 0 Å². The Morgan fingerprint density at radius 1 is 1.52 bits per heavy atom. The van der Waals surface area contributed by atoms with Gasteiger partial charge in [-0.3, -0.25) is 4.79 Å². The summed E-state index contributed by atoms with van der Waals surface area (Å²) in [6.07, 6.45) is 4.21. The third-order valence-electron chi connectivity index (χ3n) is 3.99. The highest BCUT2D eigenvalue weighted by Crippen LogP contribution is 2.30. The number of nitrogens with two attached hydrogens (primary N) is 1. The Balaban J connectivity index is 2.25. The number of hydrogen-bond acceptors (Lipinski definition) is 4. The van der Waals surface area contributed by atoms with Crippen molar-refractivity contribution in [3.05, 3.63) is 21.0 Å². The smallest absolute Gasteiger partial charge is 0.283 e. The first kappa shape index (κ1) is 16.5. The predicted molar refractivity (Wildman–Crippen MR) is 89.6 cm³/mol. The zero-order valence-electron chi connectivity index (χ0n) is 13.1. The van der Waals surface area contributed by atoms with Crippen molar-refractivity contribution in [2.45, 2.75) is 40.2 Å². The topological polar surface area (TPSA) is 64.2 Å². The van der Waals surface area contributed by atoms with Crippen molar-refractivity contribution in [1.29, 1.82) is 0 Å². The van der Waals surface area contributed by atoms with E-state index >= 15 is 0 Å². The SMILES string of the molecule is CCN(CC(C)(C)CN)c1cnn(CC2CC2)c(=O)c1Br. The third kappa shape index (κ3) is 4.07. The van der Waals surface area contributed by atoms with Gasteiger partial charge in [-0.2, -0.15) is 5.10 Å². The second-order valence-corrected chi connectivity index (χ2v) is 7.45. The van der Waals surface area contributed by atoms with Crippen molar-refractivity contribution in [2.24, 2.45) is 17.1 Å². The van der Waals surface area contributed by atoms with Crippen LogP contribution in [0.15, 0.2) is 15.5 Å². The van der Waals surface area contributed by atoms with Gasteiger partial charge in [0.2, 0.25) is 0 Å². The van der Waals surface area contributed by atoms with E-state index in [0.717, 1.165) is 25.3 Å². The minimum Gasteiger partial charge on any atom is -0.369 e. The lowest BCUT2D eigenvalue weighted by Crippen LogP contribution is -2.40. The van der Waals surface area contributed by atoms with Crippen LogP contribution < -0.4 is 16.2 Å². The highest BCUT2D eigenvalue weighted by molar-refractivity contribution is 9.10. The molecule has 1 heterocycles. The van der Waals surface area contributed by atoms with Crippen LogP contribution in [0.3, 0.4) is 0 Å². The fourth-order valence-electron chi connectivity index (χ4n) is 2.30. The molecule has 0 spiro atoms. The molecule has 0 saturated heterocycles. The Labute approximate surface area is 134 Å². The molecule has 5 nitrogen and oxygen atoms in total. The second-order valence-electron chi connectivity index (χ2n) is 6.66. The van der Waals surface area contributed by atoms with Crippen molar-refractivity contribution in [2.75, 3.05) is 24.5 Å². The van der Waals surface area contributed by atoms with Crippen LogP contribution in [-0.2, 0) is 6.54 Å². The Bertz CT molecular complexity index is 551. The van der Waals surface area contributed by atoms with E-state index in [2.05, 4.69) is 46.7 Å². The largest absolute Gasteiger partial charge is 0.369 e. The summed E-state index contributed by atoms with van der Waals surface area (Å²) in [6, 6.07) is 0. The number of nitrogens with zero attached hydrogens (tertiary/aromatic N) is 3. The monoisotopic (exact) mass is 356 g/mol. The molecule has 2 rings (SSSR count). The van der Waals surface area contributed by atoms with Gasteiger partial charge in [0.25, 0.3) is 5.56 Å². The number of hydrogen-bond donors (Lipinski definition) is 1. The van der Waals surface area contributed by atoms with E-state index < -0.39 is 0 Å². The highest BCUT2D eigenvalue weighted by Gasteiger charge is 2.25. The second kappa shape index (κ2) is 6.48. The molecule has 1 aliphatic carbocycles. The molecule has 6 heteroatoms. The van der Waals surface area contributed by atoms with Crippen LogP contribution in [0.4, 0.5) is 5.69 Å². The minimum atomic E-state index is -0.0385. The van der Waals surface area contributed by atoms with E-state index in [1.807, 2.05) is 0 Å². The van der Waals surface area contributed by atoms with E-state index in [1.54, 1.807) is 10.9 Å². The van der Waals surface area contributed by atoms with E-state index in [4.69, 9.17) is 5.73 Å². The van der Waals surface area contributed by atoms with Gasteiger partial charge in [-0.1, -0.05) is 13.8 Å². The molecule has 1 aromatic rings. The number of anilines is 1. The third-order valence-corrected chi connectivity index (χ3v) is 4.73. The summed E-state index contributed by atoms with van der Waals surface area (Å²) in [5, 5.41) is 4.35. The fraction of sp³-hybridized carbons (Fsp3) is 0.733. The first-order chi connectivity index (χ1) is 9.88. The molecule has 0 atom stereocenters. The van der Waals surface area contributed by atoms with E-state index in [-0.39, 0.29) is 11.0 Å². The van der Waals surface area contributed by atoms with Gasteiger partial charge in [0.15, 0.2) is 0 Å². The van der Waals surface area contributed by atoms with Gasteiger partial charge >= 0.3 is 0 Å². The molecule has 1 aromatic heterocycles. The van der Waals surface area contributed by atoms with Gasteiger partial charge in [0.1, 0.15) is 4.47 Å². The van der Waals surface area contributed by atoms with Crippen LogP contribution >= 0.6 is 15.9 Å². The van der Waals surface area contributed by atoms with Crippen molar-refractivity contribution >= 4 is 21.6 Å². The molecule has 2 N–H and O–H groups in total. The number of rotatable bonds is 7. The van der Waals surface area contributed by atoms with Gasteiger partial charge < -0.3 is 10.6 Å². The van der Waals surface area contributed by atoms with Crippen LogP contribution in [0.25, 0.3) is 0 Å². The normalized spacial score (nSPS) is 15.3. The molecule has 1 fully saturated rings. The van der Waals surface area contributed by atoms with Gasteiger partial charge in [0, 0.05) is 19.6 Å². The average Bonchev–Trinajstić information content (AvgIpc) is 3.26. The molecule has 1 saturated carbocycles. The summed E-state index contributed by atoms with van der Waals surface area (Å²) in [5.41, 5.74) is 6.64. The Morgan fingerprint density at radius 3 is 2.71 bits per heavy atom. The molecule has 0 unspecified atom stereocenters. The van der Waals surface area contributed by atoms with Crippen molar-refractivity contribution in [3.63, 3.8) is 0 Å². The number of halogens is 1. The predicted octanol–water partition coefficient (Wildman–Crippen LogP) is 2.23. The van der Waals surface area contributed by atoms with Crippen LogP contribution in [-0.4, -0.2) is 29.4 Å². The highest BCUT2D eigenvalue weighted by atomic mass is 79.9. The molecule has 21 heavy (non-hydrogen) atoms. The van der Waals surface area contributed by atoms with E-state index in [0.29, 0.717) is 16.9 Å². The zero-order valence-corrected chi connectivity index (χ0v) is 14.7. The lowest BCUT2D eigenvalue weighted by molar-refractivity contribution is 0.379. The van der Waals surface area contributed by atoms with Crippen LogP contribution in [0.5, 0.6) is 0 Å². The summed E-state index contributed by atoms with van der Waals surface area (Å²) < 4.78 is 2.18. The Morgan fingerprint density at radius 2 is 2.19 bits per heavy atom. The lowest BCUT2D eigenvalue weighted by atomic mass is 9.93. The maximum Gasteiger partial charge on any atom is 0.283 e. The van der Waals surface area contributed by atoms with Crippen molar-refractivity contribution < 1.29 is 0 Å². The lowest BCUT2D eigenvalue weighted by Gasteiger charge is -2.32. The molecule has 0 radical (unpaired) electrons. The first-order valence-corrected chi connectivity index (χ1v) is 8.38. The first-order valence-electron chi connectivity index (χ1n) is 7.58. The molecule has 0 amide bonds. The van der Waals surface area contributed by atoms with Gasteiger partial charge in [0.05, 0.1) is 11.9 Å². The summed E-state index contributed by atoms with van der Waals surface area (Å²) in [7, 11) is 0. The summed E-state index contributed by atoms with van der Waals surface area (Å²) in [6.45, 7) is 9.29. The maximum atomic E-state index is 12.4. The quantitative estimate of drug-likeness (QED) is 0.813. The fourth-order valence-corrected chi connectivity index (χ4v) is 2.86. The summed E-state index contributed by atoms with van der Waals surface area (Å²) in [5.74, 6) is 0.631. The number of aromatic nitrogens is 2. The van der Waals surface area contributed by atoms with Crippen molar-refractivity contribution in [1.82, 2.24) is 9.78 Å².